The zero-order valence-corrected chi connectivity index (χ0v) is 13.7. The van der Waals surface area contributed by atoms with E-state index in [1.807, 2.05) is 4.68 Å². The molecule has 0 saturated heterocycles. The van der Waals surface area contributed by atoms with Gasteiger partial charge < -0.3 is 0 Å². The minimum atomic E-state index is -0.0636. The Morgan fingerprint density at radius 3 is 2.57 bits per heavy atom. The predicted molar refractivity (Wildman–Crippen MR) is 89.1 cm³/mol. The molecule has 0 saturated carbocycles. The topological polar surface area (TPSA) is 34.8 Å². The quantitative estimate of drug-likeness (QED) is 0.501. The van der Waals surface area contributed by atoms with Crippen LogP contribution in [0.3, 0.4) is 0 Å². The molecule has 0 bridgehead atoms. The van der Waals surface area contributed by atoms with Crippen molar-refractivity contribution in [3.63, 3.8) is 0 Å². The number of rotatable bonds is 2. The lowest BCUT2D eigenvalue weighted by molar-refractivity contribution is -0.731. The molecule has 1 aliphatic heterocycles. The lowest BCUT2D eigenvalue weighted by atomic mass is 9.34. The molecule has 0 unspecified atom stereocenters. The predicted octanol–water partition coefficient (Wildman–Crippen LogP) is 1.17. The average molecular weight is 282 g/mol. The van der Waals surface area contributed by atoms with Crippen molar-refractivity contribution in [3.8, 4) is 0 Å². The van der Waals surface area contributed by atoms with Gasteiger partial charge in [-0.3, -0.25) is 5.84 Å². The van der Waals surface area contributed by atoms with Gasteiger partial charge in [0.05, 0.1) is 0 Å². The van der Waals surface area contributed by atoms with E-state index >= 15 is 0 Å². The molecule has 0 radical (unpaired) electrons. The molecule has 2 N–H and O–H groups in total. The second-order valence-electron chi connectivity index (χ2n) is 6.94. The number of aryl methyl sites for hydroxylation is 1. The average Bonchev–Trinajstić information content (AvgIpc) is 2.77. The molecule has 3 rings (SSSR count). The highest BCUT2D eigenvalue weighted by Gasteiger charge is 2.48. The highest BCUT2D eigenvalue weighted by molar-refractivity contribution is 6.85. The maximum Gasteiger partial charge on any atom is 0.322 e. The third-order valence-corrected chi connectivity index (χ3v) is 4.95. The van der Waals surface area contributed by atoms with Crippen LogP contribution in [0.4, 0.5) is 0 Å². The summed E-state index contributed by atoms with van der Waals surface area (Å²) in [4.78, 5) is 0. The van der Waals surface area contributed by atoms with Gasteiger partial charge in [-0.05, 0) is 19.4 Å². The van der Waals surface area contributed by atoms with Gasteiger partial charge in [-0.1, -0.05) is 56.3 Å². The summed E-state index contributed by atoms with van der Waals surface area (Å²) >= 11 is 0. The van der Waals surface area contributed by atoms with Gasteiger partial charge in [0.15, 0.2) is 5.69 Å². The van der Waals surface area contributed by atoms with Crippen LogP contribution in [0.5, 0.6) is 0 Å². The smallest absolute Gasteiger partial charge is 0.269 e. The lowest BCUT2D eigenvalue weighted by Crippen LogP contribution is -2.76. The fourth-order valence-electron chi connectivity index (χ4n) is 3.80. The van der Waals surface area contributed by atoms with Gasteiger partial charge >= 0.3 is 6.71 Å². The molecule has 1 aromatic carbocycles. The lowest BCUT2D eigenvalue weighted by Gasteiger charge is -2.34. The number of aromatic nitrogens is 2. The van der Waals surface area contributed by atoms with E-state index in [4.69, 9.17) is 5.84 Å². The Hall–Kier alpha value is -1.71. The first-order valence-electron chi connectivity index (χ1n) is 7.90. The van der Waals surface area contributed by atoms with Crippen molar-refractivity contribution in [2.75, 3.05) is 5.84 Å². The fraction of sp³-hybridized carbons (Fsp3) is 0.471. The van der Waals surface area contributed by atoms with E-state index in [0.29, 0.717) is 12.5 Å². The van der Waals surface area contributed by atoms with Gasteiger partial charge in [0, 0.05) is 6.42 Å². The Kier molecular flexibility index (Phi) is 3.16. The molecule has 0 spiro atoms. The monoisotopic (exact) mass is 282 g/mol. The van der Waals surface area contributed by atoms with Gasteiger partial charge in [0.2, 0.25) is 5.72 Å². The van der Waals surface area contributed by atoms with Crippen LogP contribution in [0, 0.1) is 0 Å². The molecular weight excluding hydrogens is 257 g/mol. The van der Waals surface area contributed by atoms with Gasteiger partial charge in [0.25, 0.3) is 0 Å². The molecule has 3 nitrogen and oxygen atoms in total. The third kappa shape index (κ3) is 1.85. The number of nitrogens with two attached hydrogens (primary N) is 1. The number of benzene rings is 1. The van der Waals surface area contributed by atoms with Crippen LogP contribution in [0.1, 0.15) is 45.9 Å². The summed E-state index contributed by atoms with van der Waals surface area (Å²) in [6.07, 6.45) is 3.19. The van der Waals surface area contributed by atoms with E-state index in [9.17, 15) is 0 Å². The van der Waals surface area contributed by atoms with Crippen molar-refractivity contribution in [3.05, 3.63) is 41.7 Å². The van der Waals surface area contributed by atoms with Crippen molar-refractivity contribution in [1.82, 2.24) is 4.68 Å². The maximum absolute atomic E-state index is 6.44. The molecule has 0 fully saturated rings. The molecule has 0 amide bonds. The zero-order chi connectivity index (χ0) is 15.4. The summed E-state index contributed by atoms with van der Waals surface area (Å²) < 4.78 is 4.31. The van der Waals surface area contributed by atoms with Crippen LogP contribution >= 0.6 is 0 Å². The van der Waals surface area contributed by atoms with E-state index in [1.165, 1.54) is 22.4 Å². The summed E-state index contributed by atoms with van der Waals surface area (Å²) in [6.45, 7) is 11.6. The normalized spacial score (nSPS) is 16.0. The molecule has 1 aromatic heterocycles. The number of fused-ring (bicyclic) bond motifs is 2. The van der Waals surface area contributed by atoms with Crippen molar-refractivity contribution in [2.45, 2.75) is 52.4 Å². The number of imidazole rings is 1. The summed E-state index contributed by atoms with van der Waals surface area (Å²) in [7, 11) is 0. The Bertz CT molecular complexity index is 685. The summed E-state index contributed by atoms with van der Waals surface area (Å²) in [5, 5.41) is 0. The first-order chi connectivity index (χ1) is 9.89. The Morgan fingerprint density at radius 2 is 1.95 bits per heavy atom. The second kappa shape index (κ2) is 4.65. The number of hydrogen-bond acceptors (Lipinski definition) is 1. The molecule has 4 heteroatoms. The number of nitrogens with zero attached hydrogens (tertiary/aromatic N) is 2. The van der Waals surface area contributed by atoms with E-state index in [-0.39, 0.29) is 5.54 Å². The largest absolute Gasteiger partial charge is 0.322 e. The summed E-state index contributed by atoms with van der Waals surface area (Å²) in [5.41, 5.74) is 5.19. The molecular formula is C17H25BN3+. The van der Waals surface area contributed by atoms with E-state index in [2.05, 4.69) is 69.6 Å². The SMILES string of the molecule is CCc1c[n+]2c(n1N)B(C(C)C)c1ccccc1C2(C)C. The first-order valence-corrected chi connectivity index (χ1v) is 7.90. The van der Waals surface area contributed by atoms with Gasteiger partial charge in [-0.25, -0.2) is 4.57 Å². The first kappa shape index (κ1) is 14.2. The van der Waals surface area contributed by atoms with Gasteiger partial charge in [-0.15, -0.1) is 4.68 Å². The van der Waals surface area contributed by atoms with Crippen molar-refractivity contribution in [2.24, 2.45) is 0 Å². The number of nitrogen functional groups attached to an aromatic ring is 1. The molecule has 2 aromatic rings. The molecule has 21 heavy (non-hydrogen) atoms. The van der Waals surface area contributed by atoms with Gasteiger partial charge in [0.1, 0.15) is 11.7 Å². The van der Waals surface area contributed by atoms with Gasteiger partial charge in [-0.2, -0.15) is 0 Å². The Labute approximate surface area is 127 Å². The van der Waals surface area contributed by atoms with E-state index < -0.39 is 0 Å². The van der Waals surface area contributed by atoms with Crippen molar-refractivity contribution in [1.29, 1.82) is 0 Å². The third-order valence-electron chi connectivity index (χ3n) is 4.95. The minimum absolute atomic E-state index is 0.0636. The minimum Gasteiger partial charge on any atom is -0.269 e. The zero-order valence-electron chi connectivity index (χ0n) is 13.7. The van der Waals surface area contributed by atoms with Crippen LogP contribution in [-0.2, 0) is 12.0 Å². The van der Waals surface area contributed by atoms with Crippen LogP contribution in [0.15, 0.2) is 30.5 Å². The maximum atomic E-state index is 6.44. The van der Waals surface area contributed by atoms with E-state index in [1.54, 1.807) is 0 Å². The molecule has 1 aliphatic rings. The highest BCUT2D eigenvalue weighted by Crippen LogP contribution is 2.24. The van der Waals surface area contributed by atoms with Crippen LogP contribution in [-0.4, -0.2) is 11.4 Å². The summed E-state index contributed by atoms with van der Waals surface area (Å²) in [6, 6.07) is 8.82. The standard InChI is InChI=1S/C17H25BN3/c1-6-13-11-20-16(21(13)19)18(12(2)3)15-10-8-7-9-14(15)17(20,4)5/h7-12H,6,19H2,1-5H3/q+1. The second-order valence-corrected chi connectivity index (χ2v) is 6.94. The van der Waals surface area contributed by atoms with E-state index in [0.717, 1.165) is 6.42 Å². The Morgan fingerprint density at radius 1 is 1.29 bits per heavy atom. The molecule has 2 heterocycles. The fourth-order valence-corrected chi connectivity index (χ4v) is 3.80. The Balaban J connectivity index is 2.36. The van der Waals surface area contributed by atoms with Crippen LogP contribution in [0.2, 0.25) is 5.82 Å². The number of hydrogen-bond donors (Lipinski definition) is 1. The summed E-state index contributed by atoms with van der Waals surface area (Å²) in [5.74, 6) is 6.95. The van der Waals surface area contributed by atoms with Crippen molar-refractivity contribution < 1.29 is 4.57 Å². The van der Waals surface area contributed by atoms with Crippen molar-refractivity contribution >= 4 is 17.9 Å². The molecule has 110 valence electrons. The molecule has 0 aliphatic carbocycles. The molecule has 0 atom stereocenters. The van der Waals surface area contributed by atoms with Crippen LogP contribution < -0.4 is 21.6 Å². The van der Waals surface area contributed by atoms with Crippen LogP contribution in [0.25, 0.3) is 0 Å². The highest BCUT2D eigenvalue weighted by atomic mass is 15.4.